The van der Waals surface area contributed by atoms with Gasteiger partial charge in [-0.05, 0) is 48.9 Å². The zero-order chi connectivity index (χ0) is 23.1. The highest BCUT2D eigenvalue weighted by Gasteiger charge is 2.97. The van der Waals surface area contributed by atoms with Crippen LogP contribution < -0.4 is 4.74 Å². The van der Waals surface area contributed by atoms with E-state index in [1.807, 2.05) is 0 Å². The van der Waals surface area contributed by atoms with Gasteiger partial charge in [0.2, 0.25) is 0 Å². The molecule has 3 saturated carbocycles. The van der Waals surface area contributed by atoms with Crippen molar-refractivity contribution in [2.24, 2.45) is 22.7 Å². The number of carbonyl (C=O) groups excluding carboxylic acids is 1. The van der Waals surface area contributed by atoms with Gasteiger partial charge in [0.25, 0.3) is 5.95 Å². The molecule has 2 saturated heterocycles. The van der Waals surface area contributed by atoms with E-state index in [-0.39, 0.29) is 53.7 Å². The molecule has 0 radical (unpaired) electrons. The average molecular weight is 459 g/mol. The van der Waals surface area contributed by atoms with E-state index in [0.717, 1.165) is 30.4 Å². The van der Waals surface area contributed by atoms with Gasteiger partial charge in [0, 0.05) is 16.5 Å². The van der Waals surface area contributed by atoms with Crippen LogP contribution in [0.2, 0.25) is 0 Å². The van der Waals surface area contributed by atoms with Crippen molar-refractivity contribution in [3.05, 3.63) is 17.4 Å². The van der Waals surface area contributed by atoms with Gasteiger partial charge in [0.05, 0.1) is 31.3 Å². The van der Waals surface area contributed by atoms with E-state index in [9.17, 15) is 14.7 Å². The van der Waals surface area contributed by atoms with Gasteiger partial charge in [0.15, 0.2) is 0 Å². The number of aliphatic hydroxyl groups excluding tert-OH is 1. The summed E-state index contributed by atoms with van der Waals surface area (Å²) in [6, 6.07) is 0. The maximum atomic E-state index is 12.1. The molecule has 8 heteroatoms. The first-order chi connectivity index (χ1) is 15.6. The van der Waals surface area contributed by atoms with Gasteiger partial charge in [0.1, 0.15) is 17.3 Å². The van der Waals surface area contributed by atoms with Gasteiger partial charge in [-0.2, -0.15) is 0 Å². The predicted octanol–water partition coefficient (Wildman–Crippen LogP) is 2.80. The first-order valence-corrected chi connectivity index (χ1v) is 12.2. The zero-order valence-electron chi connectivity index (χ0n) is 19.1. The summed E-state index contributed by atoms with van der Waals surface area (Å²) >= 11 is 0. The summed E-state index contributed by atoms with van der Waals surface area (Å²) in [5.74, 6) is -0.584. The molecule has 7 rings (SSSR count). The Morgan fingerprint density at radius 2 is 2.06 bits per heavy atom. The monoisotopic (exact) mass is 458 g/mol. The third-order valence-electron chi connectivity index (χ3n) is 10.4. The quantitative estimate of drug-likeness (QED) is 0.510. The van der Waals surface area contributed by atoms with Crippen LogP contribution in [0.3, 0.4) is 0 Å². The Hall–Kier alpha value is -1.90. The van der Waals surface area contributed by atoms with Crippen molar-refractivity contribution in [1.82, 2.24) is 0 Å². The molecular weight excluding hydrogens is 428 g/mol. The fourth-order valence-corrected chi connectivity index (χ4v) is 8.83. The molecule has 2 spiro atoms. The number of aliphatic hydroxyl groups is 1. The van der Waals surface area contributed by atoms with Crippen molar-refractivity contribution < 1.29 is 38.4 Å². The van der Waals surface area contributed by atoms with Crippen LogP contribution in [-0.2, 0) is 25.5 Å². The summed E-state index contributed by atoms with van der Waals surface area (Å²) in [5.41, 5.74) is 0.852. The third-order valence-corrected chi connectivity index (χ3v) is 10.4. The number of fused-ring (bicyclic) bond motifs is 5. The highest BCUT2D eigenvalue weighted by Crippen LogP contribution is 2.90. The summed E-state index contributed by atoms with van der Waals surface area (Å²) in [5, 5.41) is 20.5. The number of carboxylic acids is 1. The van der Waals surface area contributed by atoms with Crippen LogP contribution in [0.1, 0.15) is 69.9 Å². The Balaban J connectivity index is 1.21. The number of furan rings is 1. The molecule has 2 aliphatic heterocycles. The summed E-state index contributed by atoms with van der Waals surface area (Å²) in [7, 11) is 0. The Morgan fingerprint density at radius 1 is 1.27 bits per heavy atom. The molecule has 8 nitrogen and oxygen atoms in total. The van der Waals surface area contributed by atoms with Crippen molar-refractivity contribution in [1.29, 1.82) is 0 Å². The Morgan fingerprint density at radius 3 is 2.79 bits per heavy atom. The minimum atomic E-state index is -1.03. The minimum absolute atomic E-state index is 0.00114. The molecule has 0 unspecified atom stereocenters. The van der Waals surface area contributed by atoms with E-state index in [1.165, 1.54) is 0 Å². The molecule has 178 valence electrons. The largest absolute Gasteiger partial charge is 0.481 e. The van der Waals surface area contributed by atoms with Gasteiger partial charge in [-0.3, -0.25) is 9.59 Å². The fraction of sp³-hybridized carbons (Fsp3) is 0.760. The first kappa shape index (κ1) is 20.5. The maximum absolute atomic E-state index is 12.1. The summed E-state index contributed by atoms with van der Waals surface area (Å²) in [6.45, 7) is 6.62. The molecule has 0 bridgehead atoms. The number of esters is 1. The number of epoxide rings is 2. The van der Waals surface area contributed by atoms with Crippen molar-refractivity contribution >= 4 is 11.9 Å². The molecule has 1 aromatic rings. The molecule has 5 fully saturated rings. The zero-order valence-corrected chi connectivity index (χ0v) is 19.1. The minimum Gasteiger partial charge on any atom is -0.481 e. The SMILES string of the molecule is CC(C)[C@]12O[C@H]1[C@@H]1C[C@]13[C@]1(O[C@H]1C[C@H]1c4coc(OC(=O)CCC(=O)O)c4CC[C@@]13C)[C@@H]2O. The Kier molecular flexibility index (Phi) is 3.62. The summed E-state index contributed by atoms with van der Waals surface area (Å²) < 4.78 is 23.9. The lowest BCUT2D eigenvalue weighted by molar-refractivity contribution is -0.142. The fourth-order valence-electron chi connectivity index (χ4n) is 8.83. The van der Waals surface area contributed by atoms with Crippen molar-refractivity contribution in [3.8, 4) is 5.95 Å². The standard InChI is InChI=1S/C25H30O8/c1-11(2)24-19(33-24)15-9-23(15)22(3)7-6-12-13(14(22)8-16-25(23,32-16)21(24)29)10-30-20(12)31-18(28)5-4-17(26)27/h10-11,14-16,19,21,29H,4-9H2,1-3H3,(H,26,27)/t14-,15-,16-,19-,21+,22-,23-,24-,25+/m0/s1. The van der Waals surface area contributed by atoms with E-state index >= 15 is 0 Å². The van der Waals surface area contributed by atoms with Crippen LogP contribution >= 0.6 is 0 Å². The molecular formula is C25H30O8. The number of carboxylic acid groups (broad SMARTS) is 1. The van der Waals surface area contributed by atoms with Crippen LogP contribution in [0.4, 0.5) is 0 Å². The molecule has 4 aliphatic carbocycles. The lowest BCUT2D eigenvalue weighted by Crippen LogP contribution is -2.64. The first-order valence-electron chi connectivity index (χ1n) is 12.2. The van der Waals surface area contributed by atoms with Gasteiger partial charge in [-0.1, -0.05) is 20.8 Å². The number of hydrogen-bond acceptors (Lipinski definition) is 7. The number of carbonyl (C=O) groups is 2. The Bertz CT molecular complexity index is 1090. The van der Waals surface area contributed by atoms with Crippen molar-refractivity contribution in [2.75, 3.05) is 0 Å². The van der Waals surface area contributed by atoms with Crippen LogP contribution in [-0.4, -0.2) is 51.7 Å². The molecule has 0 amide bonds. The lowest BCUT2D eigenvalue weighted by atomic mass is 9.46. The van der Waals surface area contributed by atoms with E-state index < -0.39 is 29.2 Å². The average Bonchev–Trinajstić information content (AvgIpc) is 3.65. The molecule has 2 N–H and O–H groups in total. The molecule has 1 aromatic heterocycles. The summed E-state index contributed by atoms with van der Waals surface area (Å²) in [4.78, 5) is 22.9. The third kappa shape index (κ3) is 2.07. The number of ether oxygens (including phenoxy) is 3. The van der Waals surface area contributed by atoms with Gasteiger partial charge in [-0.25, -0.2) is 0 Å². The summed E-state index contributed by atoms with van der Waals surface area (Å²) in [6.07, 6.45) is 4.20. The van der Waals surface area contributed by atoms with Crippen LogP contribution in [0.25, 0.3) is 0 Å². The topological polar surface area (TPSA) is 122 Å². The van der Waals surface area contributed by atoms with Crippen LogP contribution in [0, 0.1) is 22.7 Å². The predicted molar refractivity (Wildman–Crippen MR) is 112 cm³/mol. The molecule has 6 aliphatic rings. The van der Waals surface area contributed by atoms with E-state index in [0.29, 0.717) is 12.3 Å². The van der Waals surface area contributed by atoms with Gasteiger partial charge in [-0.15, -0.1) is 0 Å². The van der Waals surface area contributed by atoms with E-state index in [2.05, 4.69) is 20.8 Å². The highest BCUT2D eigenvalue weighted by atomic mass is 16.7. The second-order valence-corrected chi connectivity index (χ2v) is 11.7. The van der Waals surface area contributed by atoms with Gasteiger partial charge >= 0.3 is 11.9 Å². The number of aliphatic carboxylic acids is 1. The number of hydrogen-bond donors (Lipinski definition) is 2. The van der Waals surface area contributed by atoms with Crippen molar-refractivity contribution in [3.63, 3.8) is 0 Å². The maximum Gasteiger partial charge on any atom is 0.314 e. The van der Waals surface area contributed by atoms with E-state index in [4.69, 9.17) is 23.7 Å². The smallest absolute Gasteiger partial charge is 0.314 e. The highest BCUT2D eigenvalue weighted by molar-refractivity contribution is 5.78. The molecule has 33 heavy (non-hydrogen) atoms. The van der Waals surface area contributed by atoms with E-state index in [1.54, 1.807) is 6.26 Å². The van der Waals surface area contributed by atoms with Gasteiger partial charge < -0.3 is 28.8 Å². The molecule has 9 atom stereocenters. The molecule has 3 heterocycles. The second-order valence-electron chi connectivity index (χ2n) is 11.7. The second kappa shape index (κ2) is 5.83. The number of rotatable bonds is 5. The molecule has 0 aromatic carbocycles. The van der Waals surface area contributed by atoms with Crippen LogP contribution in [0.15, 0.2) is 10.7 Å². The van der Waals surface area contributed by atoms with Crippen molar-refractivity contribution in [2.45, 2.75) is 94.7 Å². The normalized spacial score (nSPS) is 49.5. The van der Waals surface area contributed by atoms with Crippen LogP contribution in [0.5, 0.6) is 5.95 Å². The lowest BCUT2D eigenvalue weighted by Gasteiger charge is -2.55. The Labute approximate surface area is 191 Å².